The van der Waals surface area contributed by atoms with Gasteiger partial charge >= 0.3 is 5.97 Å². The lowest BCUT2D eigenvalue weighted by atomic mass is 9.95. The molecule has 36 heavy (non-hydrogen) atoms. The number of allylic oxidation sites excluding steroid dienone is 1. The Morgan fingerprint density at radius 1 is 1.31 bits per heavy atom. The van der Waals surface area contributed by atoms with E-state index in [1.165, 1.54) is 23.0 Å². The molecule has 2 aliphatic heterocycles. The van der Waals surface area contributed by atoms with E-state index >= 15 is 0 Å². The van der Waals surface area contributed by atoms with Crippen LogP contribution in [0.2, 0.25) is 0 Å². The SMILES string of the molecule is CCOC(=O)C1=C(C)N=c2s/c(=C\c3cc(Br)c(O)c(OC)c3)c(=O)n2[C@H]1c1ccc2c(c1)OCO2. The van der Waals surface area contributed by atoms with Crippen LogP contribution in [0.25, 0.3) is 6.08 Å². The van der Waals surface area contributed by atoms with Gasteiger partial charge in [0.2, 0.25) is 6.79 Å². The molecular weight excluding hydrogens is 552 g/mol. The van der Waals surface area contributed by atoms with Crippen LogP contribution in [0.15, 0.2) is 55.9 Å². The first-order valence-corrected chi connectivity index (χ1v) is 12.6. The third kappa shape index (κ3) is 4.07. The Balaban J connectivity index is 1.72. The number of carbonyl (C=O) groups excluding carboxylic acids is 1. The molecule has 11 heteroatoms. The summed E-state index contributed by atoms with van der Waals surface area (Å²) in [4.78, 5) is 31.8. The highest BCUT2D eigenvalue weighted by Crippen LogP contribution is 2.38. The largest absolute Gasteiger partial charge is 0.503 e. The fourth-order valence-electron chi connectivity index (χ4n) is 4.17. The van der Waals surface area contributed by atoms with E-state index in [-0.39, 0.29) is 36.0 Å². The fourth-order valence-corrected chi connectivity index (χ4v) is 5.68. The number of thiazole rings is 1. The van der Waals surface area contributed by atoms with Gasteiger partial charge in [0.15, 0.2) is 27.8 Å². The number of aromatic hydroxyl groups is 1. The number of hydrogen-bond acceptors (Lipinski definition) is 9. The number of halogens is 1. The van der Waals surface area contributed by atoms with Crippen LogP contribution in [0.4, 0.5) is 0 Å². The van der Waals surface area contributed by atoms with Crippen molar-refractivity contribution in [1.29, 1.82) is 0 Å². The second-order valence-corrected chi connectivity index (χ2v) is 9.83. The number of nitrogens with zero attached hydrogens (tertiary/aromatic N) is 2. The van der Waals surface area contributed by atoms with E-state index in [0.29, 0.717) is 42.1 Å². The molecule has 0 bridgehead atoms. The van der Waals surface area contributed by atoms with Gasteiger partial charge < -0.3 is 24.1 Å². The summed E-state index contributed by atoms with van der Waals surface area (Å²) in [5, 5.41) is 10.1. The number of hydrogen-bond donors (Lipinski definition) is 1. The van der Waals surface area contributed by atoms with Crippen molar-refractivity contribution in [2.24, 2.45) is 4.99 Å². The molecule has 5 rings (SSSR count). The maximum Gasteiger partial charge on any atom is 0.338 e. The van der Waals surface area contributed by atoms with Gasteiger partial charge in [-0.3, -0.25) is 9.36 Å². The van der Waals surface area contributed by atoms with E-state index in [2.05, 4.69) is 20.9 Å². The number of fused-ring (bicyclic) bond motifs is 2. The molecule has 0 saturated carbocycles. The third-order valence-corrected chi connectivity index (χ3v) is 7.39. The lowest BCUT2D eigenvalue weighted by Crippen LogP contribution is -2.39. The maximum atomic E-state index is 13.7. The van der Waals surface area contributed by atoms with Crippen LogP contribution in [-0.4, -0.2) is 36.2 Å². The molecule has 3 aromatic rings. The van der Waals surface area contributed by atoms with E-state index in [9.17, 15) is 14.7 Å². The molecule has 0 amide bonds. The average Bonchev–Trinajstić information content (AvgIpc) is 3.44. The molecule has 186 valence electrons. The number of phenols is 1. The van der Waals surface area contributed by atoms with Crippen LogP contribution < -0.4 is 29.1 Å². The summed E-state index contributed by atoms with van der Waals surface area (Å²) in [6.45, 7) is 3.74. The van der Waals surface area contributed by atoms with Gasteiger partial charge in [0.1, 0.15) is 0 Å². The van der Waals surface area contributed by atoms with Crippen molar-refractivity contribution in [3.63, 3.8) is 0 Å². The summed E-state index contributed by atoms with van der Waals surface area (Å²) in [6.07, 6.45) is 1.69. The van der Waals surface area contributed by atoms with Crippen molar-refractivity contribution in [3.8, 4) is 23.0 Å². The molecule has 0 radical (unpaired) electrons. The molecule has 1 aromatic heterocycles. The Hall–Kier alpha value is -3.57. The second kappa shape index (κ2) is 9.47. The zero-order chi connectivity index (χ0) is 25.6. The van der Waals surface area contributed by atoms with Crippen molar-refractivity contribution in [2.75, 3.05) is 20.5 Å². The molecule has 2 aliphatic rings. The molecule has 0 aliphatic carbocycles. The third-order valence-electron chi connectivity index (χ3n) is 5.80. The quantitative estimate of drug-likeness (QED) is 0.468. The van der Waals surface area contributed by atoms with Crippen molar-refractivity contribution >= 4 is 39.3 Å². The monoisotopic (exact) mass is 572 g/mol. The lowest BCUT2D eigenvalue weighted by Gasteiger charge is -2.24. The number of rotatable bonds is 5. The molecule has 1 atom stereocenters. The normalized spacial score (nSPS) is 16.6. The average molecular weight is 573 g/mol. The molecule has 0 unspecified atom stereocenters. The highest BCUT2D eigenvalue weighted by Gasteiger charge is 2.34. The van der Waals surface area contributed by atoms with Crippen LogP contribution in [-0.2, 0) is 9.53 Å². The molecular formula is C25H21BrN2O7S. The summed E-state index contributed by atoms with van der Waals surface area (Å²) >= 11 is 4.51. The van der Waals surface area contributed by atoms with E-state index in [0.717, 1.165) is 0 Å². The highest BCUT2D eigenvalue weighted by molar-refractivity contribution is 9.10. The van der Waals surface area contributed by atoms with Crippen molar-refractivity contribution < 1.29 is 28.8 Å². The van der Waals surface area contributed by atoms with Gasteiger partial charge in [-0.15, -0.1) is 0 Å². The van der Waals surface area contributed by atoms with Gasteiger partial charge in [-0.25, -0.2) is 9.79 Å². The standard InChI is InChI=1S/C25H21BrN2O7S/c1-4-33-24(31)20-12(2)27-25-28(21(20)14-5-6-16-17(10-14)35-11-34-16)23(30)19(36-25)9-13-7-15(26)22(29)18(8-13)32-3/h5-10,21,29H,4,11H2,1-3H3/b19-9-/t21-/m0/s1. The molecule has 1 N–H and O–H groups in total. The molecule has 0 fully saturated rings. The smallest absolute Gasteiger partial charge is 0.338 e. The topological polar surface area (TPSA) is 109 Å². The first-order valence-electron chi connectivity index (χ1n) is 11.0. The fraction of sp³-hybridized carbons (Fsp3) is 0.240. The first kappa shape index (κ1) is 24.1. The lowest BCUT2D eigenvalue weighted by molar-refractivity contribution is -0.139. The van der Waals surface area contributed by atoms with E-state index < -0.39 is 12.0 Å². The van der Waals surface area contributed by atoms with Crippen molar-refractivity contribution in [3.05, 3.63) is 76.9 Å². The first-order chi connectivity index (χ1) is 17.3. The predicted molar refractivity (Wildman–Crippen MR) is 135 cm³/mol. The summed E-state index contributed by atoms with van der Waals surface area (Å²) in [7, 11) is 1.45. The van der Waals surface area contributed by atoms with Gasteiger partial charge in [0, 0.05) is 0 Å². The molecule has 9 nitrogen and oxygen atoms in total. The van der Waals surface area contributed by atoms with Gasteiger partial charge in [0.05, 0.1) is 40.0 Å². The number of esters is 1. The second-order valence-electron chi connectivity index (χ2n) is 7.97. The highest BCUT2D eigenvalue weighted by atomic mass is 79.9. The molecule has 2 aromatic carbocycles. The number of benzene rings is 2. The molecule has 3 heterocycles. The van der Waals surface area contributed by atoms with Crippen LogP contribution >= 0.6 is 27.3 Å². The van der Waals surface area contributed by atoms with E-state index in [1.54, 1.807) is 50.3 Å². The summed E-state index contributed by atoms with van der Waals surface area (Å²) in [5.74, 6) is 0.823. The Bertz CT molecular complexity index is 1610. The van der Waals surface area contributed by atoms with Crippen molar-refractivity contribution in [1.82, 2.24) is 4.57 Å². The zero-order valence-corrected chi connectivity index (χ0v) is 21.9. The number of aromatic nitrogens is 1. The zero-order valence-electron chi connectivity index (χ0n) is 19.5. The number of methoxy groups -OCH3 is 1. The van der Waals surface area contributed by atoms with Crippen LogP contribution in [0.1, 0.15) is 31.0 Å². The van der Waals surface area contributed by atoms with Crippen molar-refractivity contribution in [2.45, 2.75) is 19.9 Å². The molecule has 0 spiro atoms. The minimum atomic E-state index is -0.766. The minimum absolute atomic E-state index is 0.0337. The number of carbonyl (C=O) groups is 1. The van der Waals surface area contributed by atoms with Gasteiger partial charge in [-0.2, -0.15) is 0 Å². The molecule has 0 saturated heterocycles. The summed E-state index contributed by atoms with van der Waals surface area (Å²) in [5.41, 5.74) is 1.74. The van der Waals surface area contributed by atoms with Crippen LogP contribution in [0.5, 0.6) is 23.0 Å². The Morgan fingerprint density at radius 2 is 2.08 bits per heavy atom. The Labute approximate surface area is 217 Å². The maximum absolute atomic E-state index is 13.7. The Kier molecular flexibility index (Phi) is 6.35. The van der Waals surface area contributed by atoms with Crippen LogP contribution in [0.3, 0.4) is 0 Å². The predicted octanol–water partition coefficient (Wildman–Crippen LogP) is 3.00. The van der Waals surface area contributed by atoms with E-state index in [4.69, 9.17) is 18.9 Å². The number of ether oxygens (including phenoxy) is 4. The van der Waals surface area contributed by atoms with Crippen LogP contribution in [0, 0.1) is 0 Å². The van der Waals surface area contributed by atoms with Gasteiger partial charge in [0.25, 0.3) is 5.56 Å². The summed E-state index contributed by atoms with van der Waals surface area (Å²) < 4.78 is 23.9. The van der Waals surface area contributed by atoms with E-state index in [1.807, 2.05) is 0 Å². The Morgan fingerprint density at radius 3 is 2.83 bits per heavy atom. The minimum Gasteiger partial charge on any atom is -0.503 e. The number of phenolic OH excluding ortho intramolecular Hbond substituents is 1. The summed E-state index contributed by atoms with van der Waals surface area (Å²) in [6, 6.07) is 7.87. The van der Waals surface area contributed by atoms with Gasteiger partial charge in [-0.05, 0) is 71.2 Å². The van der Waals surface area contributed by atoms with Gasteiger partial charge in [-0.1, -0.05) is 17.4 Å².